The Morgan fingerprint density at radius 2 is 0.625 bits per heavy atom. The van der Waals surface area contributed by atoms with Gasteiger partial charge in [0.15, 0.2) is 15.4 Å². The molecule has 24 nitrogen and oxygen atoms in total. The number of anilines is 3. The third-order valence-corrected chi connectivity index (χ3v) is 22.5. The lowest BCUT2D eigenvalue weighted by Crippen LogP contribution is -2.10. The molecule has 696 valence electrons. The van der Waals surface area contributed by atoms with Crippen LogP contribution in [0.1, 0.15) is 130 Å². The van der Waals surface area contributed by atoms with E-state index in [0.29, 0.717) is 129 Å². The van der Waals surface area contributed by atoms with E-state index in [1.807, 2.05) is 103 Å². The molecular formula is C109H107N9O15S3. The molecule has 15 aromatic rings. The van der Waals surface area contributed by atoms with Crippen LogP contribution in [0.4, 0.5) is 15.4 Å². The molecule has 0 amide bonds. The Kier molecular flexibility index (Phi) is 41.2. The van der Waals surface area contributed by atoms with Gasteiger partial charge >= 0.3 is 35.8 Å². The van der Waals surface area contributed by atoms with Crippen molar-refractivity contribution < 1.29 is 71.4 Å². The Balaban J connectivity index is 0.000000181. The van der Waals surface area contributed by atoms with Crippen LogP contribution < -0.4 is 45.6 Å². The van der Waals surface area contributed by atoms with Crippen LogP contribution in [-0.4, -0.2) is 109 Å². The van der Waals surface area contributed by atoms with Crippen LogP contribution in [0.2, 0.25) is 0 Å². The summed E-state index contributed by atoms with van der Waals surface area (Å²) in [5, 5.41) is 25.3. The highest BCUT2D eigenvalue weighted by Gasteiger charge is 2.18. The largest absolute Gasteiger partial charge is 0.494 e. The predicted molar refractivity (Wildman–Crippen MR) is 546 cm³/mol. The van der Waals surface area contributed by atoms with Gasteiger partial charge in [-0.25, -0.2) is 43.7 Å². The van der Waals surface area contributed by atoms with Gasteiger partial charge in [-0.2, -0.15) is 0 Å². The molecule has 3 heterocycles. The fourth-order valence-electron chi connectivity index (χ4n) is 13.1. The monoisotopic (exact) mass is 1880 g/mol. The van der Waals surface area contributed by atoms with Crippen molar-refractivity contribution in [2.45, 2.75) is 85.0 Å². The number of nitrogens with one attached hydrogen (secondary N) is 3. The van der Waals surface area contributed by atoms with Gasteiger partial charge in [-0.15, -0.1) is 0 Å². The number of unbranched alkanes of at least 4 members (excludes halogenated alkanes) is 1. The number of hydrogen-bond donors (Lipinski definition) is 6. The number of fused-ring (bicyclic) bond motifs is 3. The maximum atomic E-state index is 12.7. The van der Waals surface area contributed by atoms with E-state index >= 15 is 0 Å². The quantitative estimate of drug-likeness (QED) is 0.00526. The number of nitrogens with zero attached hydrogens (tertiary/aromatic N) is 3. The van der Waals surface area contributed by atoms with Crippen molar-refractivity contribution in [3.8, 4) is 67.9 Å². The third kappa shape index (κ3) is 32.9. The summed E-state index contributed by atoms with van der Waals surface area (Å²) < 4.78 is 51.7. The first-order valence-electron chi connectivity index (χ1n) is 44.0. The van der Waals surface area contributed by atoms with Gasteiger partial charge < -0.3 is 76.1 Å². The molecule has 0 aliphatic heterocycles. The molecule has 0 radical (unpaired) electrons. The standard InChI is InChI=1S/C30H31NO5.2C29H29NO5.3C7H6N2S/c1-3-7-22-8-10-23(11-9-22)25-14-17-28(26(20-25)21-31)36-30(33)24-12-15-27(16-13-24)34-18-5-6-19-35-29(32)4-2;1-3-6-21-7-9-22(10-8-21)24-13-16-27(25(19-24)20-30)35-29(32)23-11-14-26(15-12-23)33-17-5-18-34-28(31)4-2;1-3-6-21-7-9-22(10-8-21)27-16-15-26(19-24(27)20-30)35-29(32)23-11-13-25(14-12-23)33-17-5-18-34-28(31)4-2;3*8-7-9-5-3-1-2-4-6(5)10-7/h4,8-17,20-21,31H,2-3,5-7,18-19H2,1H3;2*4,7-16,19-20,30H,2-3,5-6,17-18H2,1H3;3*1-4H,(H2,8,9). The zero-order valence-corrected chi connectivity index (χ0v) is 78.3. The maximum absolute atomic E-state index is 12.7. The van der Waals surface area contributed by atoms with E-state index in [0.717, 1.165) is 127 Å². The number of aryl methyl sites for hydroxylation is 3. The number of rotatable bonds is 37. The Morgan fingerprint density at radius 1 is 0.324 bits per heavy atom. The van der Waals surface area contributed by atoms with Crippen molar-refractivity contribution >= 4 is 135 Å². The van der Waals surface area contributed by atoms with Gasteiger partial charge in [0.25, 0.3) is 0 Å². The summed E-state index contributed by atoms with van der Waals surface area (Å²) in [6.07, 6.45) is 15.9. The summed E-state index contributed by atoms with van der Waals surface area (Å²) in [6.45, 7) is 18.5. The molecule has 12 aromatic carbocycles. The second-order valence-corrected chi connectivity index (χ2v) is 33.1. The molecule has 0 fully saturated rings. The summed E-state index contributed by atoms with van der Waals surface area (Å²) >= 11 is 4.56. The number of ether oxygens (including phenoxy) is 9. The molecule has 136 heavy (non-hydrogen) atoms. The SMILES string of the molecule is C=CC(=O)OCCCCOc1ccc(C(=O)Oc2ccc(-c3ccc(CCC)cc3)cc2C=N)cc1.C=CC(=O)OCCCOc1ccc(C(=O)Oc2ccc(-c3ccc(CCC)cc3)c(C=N)c2)cc1.C=CC(=O)OCCCOc1ccc(C(=O)Oc2ccc(-c3ccc(CCC)cc3)cc2C=N)cc1.Nc1nc2ccccc2s1.Nc1nc2ccccc2s1.Nc1nc2ccccc2s1. The van der Waals surface area contributed by atoms with Crippen LogP contribution >= 0.6 is 34.0 Å². The molecule has 0 aliphatic rings. The number of carbonyl (C=O) groups excluding carboxylic acids is 6. The minimum absolute atomic E-state index is 0.244. The average Bonchev–Trinajstić information content (AvgIpc) is 1.47. The highest BCUT2D eigenvalue weighted by Crippen LogP contribution is 2.33. The van der Waals surface area contributed by atoms with Crippen molar-refractivity contribution in [2.24, 2.45) is 0 Å². The third-order valence-electron chi connectivity index (χ3n) is 19.9. The van der Waals surface area contributed by atoms with Crippen LogP contribution in [-0.2, 0) is 47.9 Å². The topological polar surface area (TPSA) is 374 Å². The molecule has 0 saturated carbocycles. The molecule has 0 aliphatic carbocycles. The normalized spacial score (nSPS) is 10.3. The Bertz CT molecular complexity index is 6230. The molecule has 3 aromatic heterocycles. The lowest BCUT2D eigenvalue weighted by Gasteiger charge is -2.11. The number of nitrogens with two attached hydrogens (primary N) is 3. The average molecular weight is 1880 g/mol. The van der Waals surface area contributed by atoms with E-state index in [4.69, 9.17) is 76.1 Å². The van der Waals surface area contributed by atoms with Crippen molar-refractivity contribution in [1.29, 1.82) is 16.2 Å². The minimum atomic E-state index is -0.521. The van der Waals surface area contributed by atoms with E-state index in [9.17, 15) is 28.8 Å². The fraction of sp³-hybridized carbons (Fsp3) is 0.174. The van der Waals surface area contributed by atoms with Gasteiger partial charge in [0.2, 0.25) is 0 Å². The van der Waals surface area contributed by atoms with Gasteiger partial charge in [-0.05, 0) is 228 Å². The molecule has 9 N–H and O–H groups in total. The molecule has 0 saturated heterocycles. The lowest BCUT2D eigenvalue weighted by molar-refractivity contribution is -0.138. The zero-order chi connectivity index (χ0) is 96.8. The van der Waals surface area contributed by atoms with Crippen molar-refractivity contribution in [2.75, 3.05) is 56.8 Å². The van der Waals surface area contributed by atoms with Gasteiger partial charge in [0, 0.05) is 66.4 Å². The summed E-state index contributed by atoms with van der Waals surface area (Å²) in [5.41, 5.74) is 32.1. The number of hydrogen-bond acceptors (Lipinski definition) is 27. The second-order valence-electron chi connectivity index (χ2n) is 29.9. The summed E-state index contributed by atoms with van der Waals surface area (Å²) in [4.78, 5) is 83.2. The lowest BCUT2D eigenvalue weighted by atomic mass is 9.98. The number of carbonyl (C=O) groups is 6. The minimum Gasteiger partial charge on any atom is -0.494 e. The van der Waals surface area contributed by atoms with Crippen LogP contribution in [0.5, 0.6) is 34.5 Å². The fourth-order valence-corrected chi connectivity index (χ4v) is 15.3. The van der Waals surface area contributed by atoms with E-state index in [1.54, 1.807) is 97.1 Å². The Hall–Kier alpha value is -15.8. The van der Waals surface area contributed by atoms with Gasteiger partial charge in [-0.3, -0.25) is 0 Å². The van der Waals surface area contributed by atoms with Crippen molar-refractivity contribution in [3.63, 3.8) is 0 Å². The number of para-hydroxylation sites is 3. The highest BCUT2D eigenvalue weighted by molar-refractivity contribution is 7.22. The first kappa shape index (κ1) is 102. The number of thiazole rings is 3. The smallest absolute Gasteiger partial charge is 0.343 e. The summed E-state index contributed by atoms with van der Waals surface area (Å²) in [5.74, 6) is -0.0465. The van der Waals surface area contributed by atoms with Crippen LogP contribution in [0.3, 0.4) is 0 Å². The molecule has 27 heteroatoms. The number of nitrogen functional groups attached to an aromatic ring is 3. The van der Waals surface area contributed by atoms with E-state index in [-0.39, 0.29) is 13.2 Å². The molecule has 0 spiro atoms. The Morgan fingerprint density at radius 3 is 0.956 bits per heavy atom. The van der Waals surface area contributed by atoms with Gasteiger partial charge in [0.1, 0.15) is 34.5 Å². The van der Waals surface area contributed by atoms with Crippen LogP contribution in [0, 0.1) is 16.2 Å². The number of benzene rings is 12. The zero-order valence-electron chi connectivity index (χ0n) is 75.8. The number of esters is 6. The van der Waals surface area contributed by atoms with Gasteiger partial charge in [0.05, 0.1) is 87.0 Å². The summed E-state index contributed by atoms with van der Waals surface area (Å²) in [6, 6.07) is 84.9. The second kappa shape index (κ2) is 54.8. The molecule has 0 bridgehead atoms. The molecule has 0 atom stereocenters. The maximum Gasteiger partial charge on any atom is 0.343 e. The molecular weight excluding hydrogens is 1770 g/mol. The summed E-state index contributed by atoms with van der Waals surface area (Å²) in [7, 11) is 0. The molecule has 0 unspecified atom stereocenters. The highest BCUT2D eigenvalue weighted by atomic mass is 32.1. The van der Waals surface area contributed by atoms with E-state index in [2.05, 4.69) is 128 Å². The van der Waals surface area contributed by atoms with Crippen molar-refractivity contribution in [3.05, 3.63) is 361 Å². The van der Waals surface area contributed by atoms with Crippen LogP contribution in [0.15, 0.2) is 311 Å². The Labute approximate surface area is 802 Å². The van der Waals surface area contributed by atoms with E-state index in [1.165, 1.54) is 69.3 Å². The van der Waals surface area contributed by atoms with Gasteiger partial charge in [-0.1, -0.05) is 221 Å². The number of aromatic nitrogens is 3. The van der Waals surface area contributed by atoms with E-state index < -0.39 is 35.8 Å². The first-order valence-corrected chi connectivity index (χ1v) is 46.4. The van der Waals surface area contributed by atoms with Crippen molar-refractivity contribution in [1.82, 2.24) is 15.0 Å². The first-order chi connectivity index (χ1) is 66.2. The van der Waals surface area contributed by atoms with Crippen LogP contribution in [0.25, 0.3) is 64.0 Å². The molecule has 15 rings (SSSR count). The predicted octanol–water partition coefficient (Wildman–Crippen LogP) is 24.1.